The third-order valence-electron chi connectivity index (χ3n) is 7.63. The van der Waals surface area contributed by atoms with E-state index < -0.39 is 11.9 Å². The third kappa shape index (κ3) is 5.90. The topological polar surface area (TPSA) is 136 Å². The highest BCUT2D eigenvalue weighted by Gasteiger charge is 2.32. The molecule has 1 aromatic heterocycles. The number of hydrogen-bond donors (Lipinski definition) is 4. The van der Waals surface area contributed by atoms with Crippen molar-refractivity contribution in [1.82, 2.24) is 21.0 Å². The maximum atomic E-state index is 15.7. The maximum Gasteiger partial charge on any atom is 0.151 e. The second-order valence-corrected chi connectivity index (χ2v) is 10.6. The second kappa shape index (κ2) is 12.1. The Hall–Kier alpha value is -5.63. The molecule has 1 aliphatic carbocycles. The van der Waals surface area contributed by atoms with Crippen LogP contribution < -0.4 is 21.6 Å². The predicted molar refractivity (Wildman–Crippen MR) is 161 cm³/mol. The van der Waals surface area contributed by atoms with E-state index >= 15 is 4.39 Å². The molecule has 0 spiro atoms. The number of nitrogens with zero attached hydrogens (tertiary/aromatic N) is 5. The van der Waals surface area contributed by atoms with Crippen molar-refractivity contribution >= 4 is 22.3 Å². The minimum atomic E-state index is -0.545. The lowest BCUT2D eigenvalue weighted by Gasteiger charge is -2.24. The van der Waals surface area contributed by atoms with Gasteiger partial charge in [-0.3, -0.25) is 9.99 Å². The van der Waals surface area contributed by atoms with Crippen molar-refractivity contribution in [2.75, 3.05) is 10.6 Å². The molecule has 4 aromatic rings. The fourth-order valence-electron chi connectivity index (χ4n) is 5.31. The third-order valence-corrected chi connectivity index (χ3v) is 7.63. The lowest BCUT2D eigenvalue weighted by Crippen LogP contribution is -2.38. The molecule has 212 valence electrons. The summed E-state index contributed by atoms with van der Waals surface area (Å²) in [6.07, 6.45) is 6.35. The van der Waals surface area contributed by atoms with E-state index in [9.17, 15) is 15.8 Å². The van der Waals surface area contributed by atoms with E-state index in [1.54, 1.807) is 18.2 Å². The van der Waals surface area contributed by atoms with Gasteiger partial charge in [0.25, 0.3) is 0 Å². The summed E-state index contributed by atoms with van der Waals surface area (Å²) in [7, 11) is 0. The molecule has 1 aliphatic heterocycles. The second-order valence-electron chi connectivity index (χ2n) is 10.6. The standard InChI is InChI=1S/C33H28FN9/c34-28-16-25(39-32(23-9-4-6-21(14-23)17-36)30-20-43(42-41-30)26-11-12-26)15-27-31(24(18-37)19-38-33(27)28)40-29(10-5-13-35)22-7-2-1-3-8-22/h1-4,6-9,14-16,19-20,26,29,32,39,41-42H,5,10-12H2,(H,38,40)/t29-,32?/m0/s1. The monoisotopic (exact) mass is 569 g/mol. The van der Waals surface area contributed by atoms with Gasteiger partial charge < -0.3 is 16.1 Å². The number of aromatic nitrogens is 1. The minimum absolute atomic E-state index is 0.127. The number of fused-ring (bicyclic) bond motifs is 1. The highest BCUT2D eigenvalue weighted by Crippen LogP contribution is 2.36. The van der Waals surface area contributed by atoms with Crippen molar-refractivity contribution in [3.63, 3.8) is 0 Å². The van der Waals surface area contributed by atoms with Gasteiger partial charge in [0.05, 0.1) is 46.7 Å². The molecule has 0 amide bonds. The molecular weight excluding hydrogens is 541 g/mol. The first-order valence-electron chi connectivity index (χ1n) is 14.1. The first kappa shape index (κ1) is 27.5. The van der Waals surface area contributed by atoms with Crippen LogP contribution >= 0.6 is 0 Å². The molecule has 2 heterocycles. The van der Waals surface area contributed by atoms with Crippen LogP contribution in [0, 0.1) is 39.8 Å². The van der Waals surface area contributed by atoms with Crippen LogP contribution in [0.5, 0.6) is 0 Å². The zero-order chi connectivity index (χ0) is 29.8. The number of pyridine rings is 1. The van der Waals surface area contributed by atoms with Crippen LogP contribution in [-0.2, 0) is 0 Å². The van der Waals surface area contributed by atoms with E-state index in [2.05, 4.69) is 44.8 Å². The molecule has 0 bridgehead atoms. The van der Waals surface area contributed by atoms with Gasteiger partial charge >= 0.3 is 0 Å². The van der Waals surface area contributed by atoms with Crippen LogP contribution in [-0.4, -0.2) is 16.0 Å². The molecule has 0 radical (unpaired) electrons. The lowest BCUT2D eigenvalue weighted by atomic mass is 9.99. The van der Waals surface area contributed by atoms with Crippen molar-refractivity contribution in [2.45, 2.75) is 43.8 Å². The number of nitriles is 3. The fourth-order valence-corrected chi connectivity index (χ4v) is 5.31. The SMILES string of the molecule is N#CCC[C@H](Nc1c(C#N)cnc2c(F)cc(NC(C3=CN(C4CC4)NN3)c3cccc(C#N)c3)cc12)c1ccccc1. The van der Waals surface area contributed by atoms with Gasteiger partial charge in [-0.25, -0.2) is 4.39 Å². The first-order chi connectivity index (χ1) is 21.1. The molecule has 43 heavy (non-hydrogen) atoms. The Kier molecular flexibility index (Phi) is 7.74. The van der Waals surface area contributed by atoms with Gasteiger partial charge in [-0.05, 0) is 54.7 Å². The average molecular weight is 570 g/mol. The Morgan fingerprint density at radius 3 is 2.53 bits per heavy atom. The molecule has 9 nitrogen and oxygen atoms in total. The Morgan fingerprint density at radius 2 is 1.79 bits per heavy atom. The van der Waals surface area contributed by atoms with Gasteiger partial charge in [-0.1, -0.05) is 42.5 Å². The van der Waals surface area contributed by atoms with Crippen molar-refractivity contribution in [1.29, 1.82) is 15.8 Å². The molecule has 2 atom stereocenters. The van der Waals surface area contributed by atoms with E-state index in [1.807, 2.05) is 53.7 Å². The quantitative estimate of drug-likeness (QED) is 0.180. The van der Waals surface area contributed by atoms with Gasteiger partial charge in [0.1, 0.15) is 11.6 Å². The first-order valence-corrected chi connectivity index (χ1v) is 14.1. The summed E-state index contributed by atoms with van der Waals surface area (Å²) in [6.45, 7) is 0. The molecule has 10 heteroatoms. The molecular formula is C33H28FN9. The molecule has 3 aromatic carbocycles. The Labute approximate surface area is 248 Å². The molecule has 6 rings (SSSR count). The summed E-state index contributed by atoms with van der Waals surface area (Å²) >= 11 is 0. The van der Waals surface area contributed by atoms with E-state index in [-0.39, 0.29) is 17.1 Å². The minimum Gasteiger partial charge on any atom is -0.377 e. The summed E-state index contributed by atoms with van der Waals surface area (Å²) in [5.74, 6) is -0.545. The summed E-state index contributed by atoms with van der Waals surface area (Å²) in [6, 6.07) is 26.4. The van der Waals surface area contributed by atoms with Gasteiger partial charge in [-0.2, -0.15) is 15.8 Å². The zero-order valence-corrected chi connectivity index (χ0v) is 23.2. The summed E-state index contributed by atoms with van der Waals surface area (Å²) < 4.78 is 15.7. The number of rotatable bonds is 10. The van der Waals surface area contributed by atoms with E-state index in [4.69, 9.17) is 0 Å². The van der Waals surface area contributed by atoms with E-state index in [0.29, 0.717) is 41.2 Å². The largest absolute Gasteiger partial charge is 0.377 e. The lowest BCUT2D eigenvalue weighted by molar-refractivity contribution is 0.260. The van der Waals surface area contributed by atoms with Crippen LogP contribution in [0.4, 0.5) is 15.8 Å². The number of benzene rings is 3. The van der Waals surface area contributed by atoms with Crippen LogP contribution in [0.3, 0.4) is 0 Å². The van der Waals surface area contributed by atoms with Gasteiger partial charge in [0, 0.05) is 35.9 Å². The summed E-state index contributed by atoms with van der Waals surface area (Å²) in [5, 5.41) is 38.2. The highest BCUT2D eigenvalue weighted by molar-refractivity contribution is 5.96. The van der Waals surface area contributed by atoms with Crippen molar-refractivity contribution in [3.8, 4) is 18.2 Å². The number of anilines is 2. The molecule has 4 N–H and O–H groups in total. The smallest absolute Gasteiger partial charge is 0.151 e. The summed E-state index contributed by atoms with van der Waals surface area (Å²) in [5.41, 5.74) is 10.8. The maximum absolute atomic E-state index is 15.7. The number of hydrogen-bond acceptors (Lipinski definition) is 9. The van der Waals surface area contributed by atoms with E-state index in [1.165, 1.54) is 12.3 Å². The highest BCUT2D eigenvalue weighted by atomic mass is 19.1. The van der Waals surface area contributed by atoms with Crippen molar-refractivity contribution < 1.29 is 4.39 Å². The predicted octanol–water partition coefficient (Wildman–Crippen LogP) is 6.06. The van der Waals surface area contributed by atoms with Crippen molar-refractivity contribution in [2.24, 2.45) is 0 Å². The van der Waals surface area contributed by atoms with Gasteiger partial charge in [0.15, 0.2) is 5.82 Å². The van der Waals surface area contributed by atoms with Crippen LogP contribution in [0.25, 0.3) is 10.9 Å². The average Bonchev–Trinajstić information content (AvgIpc) is 3.78. The van der Waals surface area contributed by atoms with E-state index in [0.717, 1.165) is 29.7 Å². The molecule has 1 unspecified atom stereocenters. The normalized spacial score (nSPS) is 15.4. The van der Waals surface area contributed by atoms with Crippen molar-refractivity contribution in [3.05, 3.63) is 113 Å². The Balaban J connectivity index is 1.42. The van der Waals surface area contributed by atoms with Gasteiger partial charge in [-0.15, -0.1) is 5.53 Å². The molecule has 1 fully saturated rings. The van der Waals surface area contributed by atoms with Crippen LogP contribution in [0.2, 0.25) is 0 Å². The Morgan fingerprint density at radius 1 is 0.977 bits per heavy atom. The number of hydrazine groups is 2. The number of nitrogens with one attached hydrogen (secondary N) is 4. The zero-order valence-electron chi connectivity index (χ0n) is 23.2. The summed E-state index contributed by atoms with van der Waals surface area (Å²) in [4.78, 5) is 4.28. The van der Waals surface area contributed by atoms with Crippen LogP contribution in [0.1, 0.15) is 60.0 Å². The Bertz CT molecular complexity index is 1810. The fraction of sp³-hybridized carbons (Fsp3) is 0.212. The molecule has 0 saturated heterocycles. The van der Waals surface area contributed by atoms with Crippen LogP contribution in [0.15, 0.2) is 84.8 Å². The molecule has 2 aliphatic rings. The number of halogens is 1. The molecule has 1 saturated carbocycles. The van der Waals surface area contributed by atoms with Gasteiger partial charge in [0.2, 0.25) is 0 Å².